The average molecular weight is 333 g/mol. The van der Waals surface area contributed by atoms with Crippen LogP contribution in [-0.4, -0.2) is 35.8 Å². The van der Waals surface area contributed by atoms with Crippen molar-refractivity contribution in [1.82, 2.24) is 9.88 Å². The molecule has 128 valence electrons. The van der Waals surface area contributed by atoms with E-state index in [1.807, 2.05) is 13.8 Å². The molecule has 1 saturated heterocycles. The number of oxazole rings is 1. The summed E-state index contributed by atoms with van der Waals surface area (Å²) in [5.74, 6) is -0.604. The molecule has 2 amide bonds. The highest BCUT2D eigenvalue weighted by Crippen LogP contribution is 2.26. The number of rotatable bonds is 4. The number of benzene rings is 1. The smallest absolute Gasteiger partial charge is 0.420 e. The van der Waals surface area contributed by atoms with E-state index in [9.17, 15) is 14.4 Å². The second-order valence-corrected chi connectivity index (χ2v) is 6.04. The first-order chi connectivity index (χ1) is 11.4. The van der Waals surface area contributed by atoms with Crippen molar-refractivity contribution in [2.24, 2.45) is 0 Å². The summed E-state index contributed by atoms with van der Waals surface area (Å²) in [7, 11) is 0. The minimum absolute atomic E-state index is 0.0246. The Balaban J connectivity index is 1.86. The number of amides is 2. The largest absolute Gasteiger partial charge is 0.442 e. The highest BCUT2D eigenvalue weighted by molar-refractivity contribution is 5.92. The normalized spacial score (nSPS) is 17.6. The van der Waals surface area contributed by atoms with Crippen LogP contribution in [0, 0.1) is 0 Å². The fourth-order valence-electron chi connectivity index (χ4n) is 2.78. The number of nitrogens with zero attached hydrogens (tertiary/aromatic N) is 2. The van der Waals surface area contributed by atoms with E-state index in [0.29, 0.717) is 23.3 Å². The van der Waals surface area contributed by atoms with Crippen molar-refractivity contribution in [3.05, 3.63) is 28.7 Å². The Hall–Kier alpha value is -2.77. The molecule has 1 N–H and O–H groups in total. The maximum atomic E-state index is 12.0. The molecular formula is C16H19N3O5. The molecular weight excluding hydrogens is 314 g/mol. The number of hydrogen-bond donors (Lipinski definition) is 1. The summed E-state index contributed by atoms with van der Waals surface area (Å²) in [5.41, 5.74) is 1.69. The Bertz CT molecular complexity index is 851. The van der Waals surface area contributed by atoms with E-state index in [-0.39, 0.29) is 18.5 Å². The lowest BCUT2D eigenvalue weighted by atomic mass is 10.2. The fraction of sp³-hybridized carbons (Fsp3) is 0.438. The molecule has 2 heterocycles. The van der Waals surface area contributed by atoms with Crippen LogP contribution in [0.5, 0.6) is 0 Å². The van der Waals surface area contributed by atoms with Crippen LogP contribution >= 0.6 is 0 Å². The van der Waals surface area contributed by atoms with Gasteiger partial charge in [-0.2, -0.15) is 0 Å². The van der Waals surface area contributed by atoms with E-state index >= 15 is 0 Å². The molecule has 1 aliphatic rings. The lowest BCUT2D eigenvalue weighted by Gasteiger charge is -2.13. The summed E-state index contributed by atoms with van der Waals surface area (Å²) in [6, 6.07) is 5.13. The summed E-state index contributed by atoms with van der Waals surface area (Å²) >= 11 is 0. The van der Waals surface area contributed by atoms with Crippen LogP contribution in [0.4, 0.5) is 10.5 Å². The zero-order chi connectivity index (χ0) is 17.4. The van der Waals surface area contributed by atoms with Crippen LogP contribution in [-0.2, 0) is 9.53 Å². The van der Waals surface area contributed by atoms with Gasteiger partial charge >= 0.3 is 11.8 Å². The van der Waals surface area contributed by atoms with E-state index in [4.69, 9.17) is 9.15 Å². The molecule has 8 nitrogen and oxygen atoms in total. The molecule has 1 aliphatic heterocycles. The van der Waals surface area contributed by atoms with Crippen LogP contribution in [0.25, 0.3) is 11.1 Å². The molecule has 0 saturated carbocycles. The molecule has 0 radical (unpaired) electrons. The van der Waals surface area contributed by atoms with E-state index < -0.39 is 18.0 Å². The Morgan fingerprint density at radius 3 is 2.79 bits per heavy atom. The standard InChI is InChI=1S/C16H19N3O5/c1-9(2)19-13-5-4-11(6-14(13)24-16(19)22)18-8-12(23-15(18)21)7-17-10(3)20/h4-6,9,12H,7-8H2,1-3H3,(H,17,20)/t12-/m0/s1. The summed E-state index contributed by atoms with van der Waals surface area (Å²) in [5, 5.41) is 2.63. The molecule has 2 aromatic rings. The number of carbonyl (C=O) groups is 2. The number of anilines is 1. The number of ether oxygens (including phenoxy) is 1. The second-order valence-electron chi connectivity index (χ2n) is 6.04. The van der Waals surface area contributed by atoms with Gasteiger partial charge in [-0.3, -0.25) is 14.3 Å². The van der Waals surface area contributed by atoms with Crippen LogP contribution in [0.15, 0.2) is 27.4 Å². The molecule has 1 fully saturated rings. The summed E-state index contributed by atoms with van der Waals surface area (Å²) < 4.78 is 12.1. The molecule has 1 aromatic heterocycles. The van der Waals surface area contributed by atoms with Crippen molar-refractivity contribution < 1.29 is 18.7 Å². The SMILES string of the molecule is CC(=O)NC[C@H]1CN(c2ccc3c(c2)oc(=O)n3C(C)C)C(=O)O1. The Kier molecular flexibility index (Phi) is 4.04. The third-order valence-electron chi connectivity index (χ3n) is 3.88. The highest BCUT2D eigenvalue weighted by Gasteiger charge is 2.32. The number of nitrogens with one attached hydrogen (secondary N) is 1. The van der Waals surface area contributed by atoms with E-state index in [1.54, 1.807) is 22.8 Å². The van der Waals surface area contributed by atoms with Gasteiger partial charge in [-0.1, -0.05) is 0 Å². The molecule has 1 atom stereocenters. The van der Waals surface area contributed by atoms with Gasteiger partial charge < -0.3 is 14.5 Å². The lowest BCUT2D eigenvalue weighted by molar-refractivity contribution is -0.119. The van der Waals surface area contributed by atoms with Crippen LogP contribution in [0.2, 0.25) is 0 Å². The molecule has 1 aromatic carbocycles. The van der Waals surface area contributed by atoms with Crippen molar-refractivity contribution >= 4 is 28.8 Å². The third-order valence-corrected chi connectivity index (χ3v) is 3.88. The second kappa shape index (κ2) is 6.03. The predicted octanol–water partition coefficient (Wildman–Crippen LogP) is 1.64. The third kappa shape index (κ3) is 2.86. The fourth-order valence-corrected chi connectivity index (χ4v) is 2.78. The van der Waals surface area contributed by atoms with Gasteiger partial charge in [0.1, 0.15) is 6.10 Å². The molecule has 3 rings (SSSR count). The molecule has 0 spiro atoms. The molecule has 24 heavy (non-hydrogen) atoms. The molecule has 8 heteroatoms. The van der Waals surface area contributed by atoms with Crippen molar-refractivity contribution in [2.45, 2.75) is 32.9 Å². The average Bonchev–Trinajstić information content (AvgIpc) is 3.03. The van der Waals surface area contributed by atoms with E-state index in [1.165, 1.54) is 11.8 Å². The predicted molar refractivity (Wildman–Crippen MR) is 87.2 cm³/mol. The Morgan fingerprint density at radius 2 is 2.12 bits per heavy atom. The lowest BCUT2D eigenvalue weighted by Crippen LogP contribution is -2.33. The van der Waals surface area contributed by atoms with Crippen molar-refractivity contribution in [3.63, 3.8) is 0 Å². The van der Waals surface area contributed by atoms with Gasteiger partial charge in [-0.25, -0.2) is 9.59 Å². The molecule has 0 unspecified atom stereocenters. The first-order valence-electron chi connectivity index (χ1n) is 7.74. The number of cyclic esters (lactones) is 1. The summed E-state index contributed by atoms with van der Waals surface area (Å²) in [6.07, 6.45) is -0.903. The van der Waals surface area contributed by atoms with Gasteiger partial charge in [0.05, 0.1) is 24.3 Å². The first kappa shape index (κ1) is 16.1. The van der Waals surface area contributed by atoms with Gasteiger partial charge in [0.2, 0.25) is 5.91 Å². The van der Waals surface area contributed by atoms with Gasteiger partial charge in [0, 0.05) is 19.0 Å². The molecule has 0 aliphatic carbocycles. The molecule has 0 bridgehead atoms. The van der Waals surface area contributed by atoms with Gasteiger partial charge in [0.25, 0.3) is 0 Å². The highest BCUT2D eigenvalue weighted by atomic mass is 16.6. The number of hydrogen-bond acceptors (Lipinski definition) is 5. The van der Waals surface area contributed by atoms with E-state index in [2.05, 4.69) is 5.32 Å². The zero-order valence-corrected chi connectivity index (χ0v) is 13.7. The summed E-state index contributed by atoms with van der Waals surface area (Å²) in [6.45, 7) is 5.78. The number of aromatic nitrogens is 1. The monoisotopic (exact) mass is 333 g/mol. The van der Waals surface area contributed by atoms with Gasteiger partial charge in [-0.05, 0) is 26.0 Å². The number of fused-ring (bicyclic) bond motifs is 1. The first-order valence-corrected chi connectivity index (χ1v) is 7.74. The van der Waals surface area contributed by atoms with Crippen molar-refractivity contribution in [2.75, 3.05) is 18.0 Å². The van der Waals surface area contributed by atoms with Crippen LogP contribution in [0.3, 0.4) is 0 Å². The topological polar surface area (TPSA) is 93.8 Å². The number of carbonyl (C=O) groups excluding carboxylic acids is 2. The Morgan fingerprint density at radius 1 is 1.38 bits per heavy atom. The minimum atomic E-state index is -0.490. The Labute approximate surface area is 138 Å². The van der Waals surface area contributed by atoms with Gasteiger partial charge in [-0.15, -0.1) is 0 Å². The maximum absolute atomic E-state index is 12.0. The van der Waals surface area contributed by atoms with E-state index in [0.717, 1.165) is 0 Å². The van der Waals surface area contributed by atoms with Crippen LogP contribution < -0.4 is 16.0 Å². The quantitative estimate of drug-likeness (QED) is 0.918. The zero-order valence-electron chi connectivity index (χ0n) is 13.7. The van der Waals surface area contributed by atoms with Gasteiger partial charge in [0.15, 0.2) is 5.58 Å². The van der Waals surface area contributed by atoms with Crippen LogP contribution in [0.1, 0.15) is 26.8 Å². The van der Waals surface area contributed by atoms with Crippen molar-refractivity contribution in [3.8, 4) is 0 Å². The summed E-state index contributed by atoms with van der Waals surface area (Å²) in [4.78, 5) is 36.4. The van der Waals surface area contributed by atoms with Crippen molar-refractivity contribution in [1.29, 1.82) is 0 Å². The maximum Gasteiger partial charge on any atom is 0.420 e. The minimum Gasteiger partial charge on any atom is -0.442 e.